The number of amides is 1. The molecule has 0 bridgehead atoms. The number of carbonyl (C=O) groups excluding carboxylic acids is 1. The summed E-state index contributed by atoms with van der Waals surface area (Å²) in [5.74, 6) is -0.0721. The van der Waals surface area contributed by atoms with Gasteiger partial charge in [-0.3, -0.25) is 4.79 Å². The molecule has 1 aromatic heterocycles. The summed E-state index contributed by atoms with van der Waals surface area (Å²) < 4.78 is 5.47. The molecule has 0 N–H and O–H groups in total. The molecule has 1 aromatic rings. The zero-order valence-corrected chi connectivity index (χ0v) is 14.5. The Morgan fingerprint density at radius 1 is 1.38 bits per heavy atom. The fourth-order valence-corrected chi connectivity index (χ4v) is 1.96. The standard InChI is InChI=1S/C16H25ClN2O2/c1-11(2)21-8-7-19(6)15(20)12-9-13(16(3,4)5)18-14(17)10-12/h9-11H,7-8H2,1-6H3. The van der Waals surface area contributed by atoms with Crippen molar-refractivity contribution < 1.29 is 9.53 Å². The van der Waals surface area contributed by atoms with Crippen molar-refractivity contribution in [1.29, 1.82) is 0 Å². The highest BCUT2D eigenvalue weighted by Crippen LogP contribution is 2.23. The van der Waals surface area contributed by atoms with Gasteiger partial charge >= 0.3 is 0 Å². The molecule has 4 nitrogen and oxygen atoms in total. The molecular weight excluding hydrogens is 288 g/mol. The Labute approximate surface area is 132 Å². The fraction of sp³-hybridized carbons (Fsp3) is 0.625. The molecule has 0 aromatic carbocycles. The van der Waals surface area contributed by atoms with Crippen LogP contribution in [0.25, 0.3) is 0 Å². The van der Waals surface area contributed by atoms with Crippen molar-refractivity contribution in [2.24, 2.45) is 0 Å². The molecule has 0 aliphatic rings. The Morgan fingerprint density at radius 2 is 2.00 bits per heavy atom. The van der Waals surface area contributed by atoms with Crippen LogP contribution in [0.1, 0.15) is 50.7 Å². The lowest BCUT2D eigenvalue weighted by molar-refractivity contribution is 0.0532. The van der Waals surface area contributed by atoms with Gasteiger partial charge in [0.1, 0.15) is 5.15 Å². The number of carbonyl (C=O) groups is 1. The Morgan fingerprint density at radius 3 is 2.52 bits per heavy atom. The number of pyridine rings is 1. The molecule has 0 saturated heterocycles. The topological polar surface area (TPSA) is 42.4 Å². The minimum Gasteiger partial charge on any atom is -0.377 e. The van der Waals surface area contributed by atoms with Crippen molar-refractivity contribution in [1.82, 2.24) is 9.88 Å². The van der Waals surface area contributed by atoms with Crippen molar-refractivity contribution in [3.63, 3.8) is 0 Å². The van der Waals surface area contributed by atoms with Gasteiger partial charge in [-0.15, -0.1) is 0 Å². The molecule has 0 saturated carbocycles. The monoisotopic (exact) mass is 312 g/mol. The van der Waals surface area contributed by atoms with Crippen LogP contribution in [0.3, 0.4) is 0 Å². The SMILES string of the molecule is CC(C)OCCN(C)C(=O)c1cc(Cl)nc(C(C)(C)C)c1. The van der Waals surface area contributed by atoms with E-state index in [1.54, 1.807) is 18.0 Å². The van der Waals surface area contributed by atoms with Crippen molar-refractivity contribution in [3.8, 4) is 0 Å². The molecule has 118 valence electrons. The molecule has 1 amide bonds. The van der Waals surface area contributed by atoms with Crippen LogP contribution < -0.4 is 0 Å². The van der Waals surface area contributed by atoms with Gasteiger partial charge in [-0.1, -0.05) is 32.4 Å². The third-order valence-corrected chi connectivity index (χ3v) is 3.23. The van der Waals surface area contributed by atoms with Crippen LogP contribution in [0.5, 0.6) is 0 Å². The van der Waals surface area contributed by atoms with Crippen LogP contribution in [0.4, 0.5) is 0 Å². The zero-order valence-electron chi connectivity index (χ0n) is 13.7. The summed E-state index contributed by atoms with van der Waals surface area (Å²) in [7, 11) is 1.76. The lowest BCUT2D eigenvalue weighted by Crippen LogP contribution is -2.31. The summed E-state index contributed by atoms with van der Waals surface area (Å²) in [5, 5.41) is 0.345. The lowest BCUT2D eigenvalue weighted by Gasteiger charge is -2.21. The molecule has 0 atom stereocenters. The molecule has 21 heavy (non-hydrogen) atoms. The number of aromatic nitrogens is 1. The molecule has 0 spiro atoms. The summed E-state index contributed by atoms with van der Waals surface area (Å²) >= 11 is 6.04. The molecule has 0 fully saturated rings. The smallest absolute Gasteiger partial charge is 0.253 e. The first kappa shape index (κ1) is 17.9. The maximum absolute atomic E-state index is 12.4. The third-order valence-electron chi connectivity index (χ3n) is 3.03. The molecule has 0 radical (unpaired) electrons. The van der Waals surface area contributed by atoms with E-state index in [1.807, 2.05) is 40.7 Å². The highest BCUT2D eigenvalue weighted by molar-refractivity contribution is 6.29. The van der Waals surface area contributed by atoms with Gasteiger partial charge in [-0.05, 0) is 26.0 Å². The Hall–Kier alpha value is -1.13. The molecule has 1 rings (SSSR count). The van der Waals surface area contributed by atoms with E-state index in [2.05, 4.69) is 4.98 Å². The van der Waals surface area contributed by atoms with E-state index >= 15 is 0 Å². The van der Waals surface area contributed by atoms with Gasteiger partial charge in [0.15, 0.2) is 0 Å². The van der Waals surface area contributed by atoms with Gasteiger partial charge < -0.3 is 9.64 Å². The minimum atomic E-state index is -0.154. The predicted octanol–water partition coefficient (Wildman–Crippen LogP) is 3.53. The highest BCUT2D eigenvalue weighted by Gasteiger charge is 2.20. The van der Waals surface area contributed by atoms with E-state index in [0.29, 0.717) is 23.9 Å². The summed E-state index contributed by atoms with van der Waals surface area (Å²) in [4.78, 5) is 18.4. The van der Waals surface area contributed by atoms with Crippen LogP contribution in [0, 0.1) is 0 Å². The largest absolute Gasteiger partial charge is 0.377 e. The van der Waals surface area contributed by atoms with Gasteiger partial charge in [-0.2, -0.15) is 0 Å². The molecule has 0 aliphatic heterocycles. The maximum Gasteiger partial charge on any atom is 0.253 e. The van der Waals surface area contributed by atoms with Gasteiger partial charge in [0.2, 0.25) is 0 Å². The summed E-state index contributed by atoms with van der Waals surface area (Å²) in [5.41, 5.74) is 1.22. The second-order valence-corrected chi connectivity index (χ2v) is 6.85. The van der Waals surface area contributed by atoms with Gasteiger partial charge in [0.25, 0.3) is 5.91 Å². The van der Waals surface area contributed by atoms with E-state index in [1.165, 1.54) is 0 Å². The van der Waals surface area contributed by atoms with E-state index < -0.39 is 0 Å². The second kappa shape index (κ2) is 7.23. The average Bonchev–Trinajstić information content (AvgIpc) is 2.35. The Kier molecular flexibility index (Phi) is 6.17. The lowest BCUT2D eigenvalue weighted by atomic mass is 9.91. The first-order chi connectivity index (χ1) is 9.61. The van der Waals surface area contributed by atoms with Crippen LogP contribution in [-0.2, 0) is 10.2 Å². The number of hydrogen-bond donors (Lipinski definition) is 0. The van der Waals surface area contributed by atoms with Gasteiger partial charge in [-0.25, -0.2) is 4.98 Å². The van der Waals surface area contributed by atoms with Crippen LogP contribution in [0.2, 0.25) is 5.15 Å². The van der Waals surface area contributed by atoms with Crippen molar-refractivity contribution >= 4 is 17.5 Å². The van der Waals surface area contributed by atoms with Crippen LogP contribution in [-0.4, -0.2) is 42.1 Å². The summed E-state index contributed by atoms with van der Waals surface area (Å²) in [6.07, 6.45) is 0.163. The molecule has 0 unspecified atom stereocenters. The van der Waals surface area contributed by atoms with Gasteiger partial charge in [0.05, 0.1) is 12.7 Å². The predicted molar refractivity (Wildman–Crippen MR) is 86.0 cm³/mol. The second-order valence-electron chi connectivity index (χ2n) is 6.46. The Balaban J connectivity index is 2.84. The summed E-state index contributed by atoms with van der Waals surface area (Å²) in [6.45, 7) is 11.1. The normalized spacial score (nSPS) is 11.8. The van der Waals surface area contributed by atoms with Crippen molar-refractivity contribution in [3.05, 3.63) is 28.5 Å². The molecular formula is C16H25ClN2O2. The van der Waals surface area contributed by atoms with Crippen molar-refractivity contribution in [2.75, 3.05) is 20.2 Å². The highest BCUT2D eigenvalue weighted by atomic mass is 35.5. The number of nitrogens with zero attached hydrogens (tertiary/aromatic N) is 2. The number of halogens is 1. The Bertz CT molecular complexity index is 496. The van der Waals surface area contributed by atoms with E-state index in [0.717, 1.165) is 5.69 Å². The number of rotatable bonds is 5. The first-order valence-corrected chi connectivity index (χ1v) is 7.54. The summed E-state index contributed by atoms with van der Waals surface area (Å²) in [6, 6.07) is 3.42. The number of ether oxygens (including phenoxy) is 1. The van der Waals surface area contributed by atoms with E-state index in [9.17, 15) is 4.79 Å². The fourth-order valence-electron chi connectivity index (χ4n) is 1.75. The third kappa shape index (κ3) is 5.64. The van der Waals surface area contributed by atoms with Gasteiger partial charge in [0, 0.05) is 30.3 Å². The number of hydrogen-bond acceptors (Lipinski definition) is 3. The van der Waals surface area contributed by atoms with E-state index in [4.69, 9.17) is 16.3 Å². The molecule has 1 heterocycles. The zero-order chi connectivity index (χ0) is 16.2. The number of likely N-dealkylation sites (N-methyl/N-ethyl adjacent to an activating group) is 1. The van der Waals surface area contributed by atoms with Crippen LogP contribution >= 0.6 is 11.6 Å². The molecule has 0 aliphatic carbocycles. The quantitative estimate of drug-likeness (QED) is 0.781. The first-order valence-electron chi connectivity index (χ1n) is 7.16. The molecule has 5 heteroatoms. The van der Waals surface area contributed by atoms with Crippen LogP contribution in [0.15, 0.2) is 12.1 Å². The minimum absolute atomic E-state index is 0.0721. The van der Waals surface area contributed by atoms with E-state index in [-0.39, 0.29) is 17.4 Å². The average molecular weight is 313 g/mol. The van der Waals surface area contributed by atoms with Crippen molar-refractivity contribution in [2.45, 2.75) is 46.1 Å². The maximum atomic E-state index is 12.4.